The highest BCUT2D eigenvalue weighted by Crippen LogP contribution is 2.28. The zero-order valence-corrected chi connectivity index (χ0v) is 81.6. The van der Waals surface area contributed by atoms with Gasteiger partial charge >= 0.3 is 0 Å². The largest absolute Gasteiger partial charge is 0.496 e. The lowest BCUT2D eigenvalue weighted by molar-refractivity contribution is 0.143. The molecule has 0 aromatic heterocycles. The van der Waals surface area contributed by atoms with Crippen LogP contribution in [0.2, 0.25) is 0 Å². The van der Waals surface area contributed by atoms with Crippen LogP contribution in [0.4, 0.5) is 0 Å². The molecule has 100 heteroatoms. The quantitative estimate of drug-likeness (QED) is 0.0436. The normalized spacial score (nSPS) is 9.58. The zero-order valence-electron chi connectivity index (χ0n) is 78.4. The molecule has 0 saturated heterocycles. The van der Waals surface area contributed by atoms with Gasteiger partial charge in [0.2, 0.25) is 0 Å². The van der Waals surface area contributed by atoms with E-state index in [0.29, 0.717) is 22.6 Å². The first-order chi connectivity index (χ1) is 61.8. The zero-order chi connectivity index (χ0) is 106. The SMILES string of the molecule is C#Cc1ccc(OC)c(C#C)c1.COc1ccc(Br)cc1Br.COc1ccc(C#CC(C)(C)O)cc1C#CC(C)(C)O.[B]B([B])B(B([B])[B])B(B(B([B])[B])B([B])[B])B(B(B([B])[B])B([B])[B])B(B([B])[B])B([B])[B].[B]B([B])B([B])B(B([B])[B])B(B(B([B])[B])B([B])[B])B(B(B([B])[B])B([B])[B])B(B([B])[B])B([B])[B].[B][B]B([B])B(B([B])[B])B(B(B([B])[B])B([B])[B])B(B(B([B])[B])B([B])[B])B(B([B])[B])B([B])[B]. The van der Waals surface area contributed by atoms with E-state index in [1.807, 2.05) is 18.2 Å². The van der Waals surface area contributed by atoms with Gasteiger partial charge in [-0.15, -0.1) is 12.8 Å². The number of rotatable bonds is 44. The van der Waals surface area contributed by atoms with Gasteiger partial charge in [0.15, 0.2) is 0 Å². The Hall–Kier alpha value is 2.22. The molecule has 0 aliphatic heterocycles. The van der Waals surface area contributed by atoms with Crippen molar-refractivity contribution in [2.75, 3.05) is 21.3 Å². The molecule has 0 saturated carbocycles. The molecule has 497 valence electrons. The van der Waals surface area contributed by atoms with Crippen LogP contribution in [0.1, 0.15) is 49.9 Å². The Morgan fingerprint density at radius 3 is 0.689 bits per heavy atom. The Bertz CT molecular complexity index is 3750. The van der Waals surface area contributed by atoms with E-state index < -0.39 is 286 Å². The lowest BCUT2D eigenvalue weighted by Crippen LogP contribution is -2.89. The first kappa shape index (κ1) is 141. The summed E-state index contributed by atoms with van der Waals surface area (Å²) in [6, 6.07) is 16.4. The van der Waals surface area contributed by atoms with Crippen molar-refractivity contribution in [3.8, 4) is 65.6 Å². The Morgan fingerprint density at radius 1 is 0.267 bits per heavy atom. The molecule has 5 nitrogen and oxygen atoms in total. The van der Waals surface area contributed by atoms with Crippen molar-refractivity contribution in [3.05, 3.63) is 85.8 Å². The van der Waals surface area contributed by atoms with Gasteiger partial charge in [0.1, 0.15) is 28.5 Å². The first-order valence-electron chi connectivity index (χ1n) is 42.5. The molecule has 0 heterocycles. The molecule has 0 atom stereocenters. The van der Waals surface area contributed by atoms with E-state index in [1.165, 1.54) is 7.06 Å². The molecule has 3 aromatic rings. The van der Waals surface area contributed by atoms with Crippen molar-refractivity contribution in [1.29, 1.82) is 0 Å². The molecule has 2 N–H and O–H groups in total. The van der Waals surface area contributed by atoms with Gasteiger partial charge in [0.25, 0.3) is 0 Å². The van der Waals surface area contributed by atoms with Crippen LogP contribution in [0, 0.1) is 48.4 Å². The average Bonchev–Trinajstić information content (AvgIpc) is 0.843. The number of halogens is 2. The van der Waals surface area contributed by atoms with Gasteiger partial charge in [-0.1, -0.05) is 51.5 Å². The number of methoxy groups -OCH3 is 3. The summed E-state index contributed by atoms with van der Waals surface area (Å²) in [4.78, 5) is 0. The molecule has 0 aliphatic rings. The smallest absolute Gasteiger partial charge is 0.134 e. The van der Waals surface area contributed by atoms with Crippen LogP contribution in [-0.4, -0.2) is 703 Å². The topological polar surface area (TPSA) is 68.2 Å². The Labute approximate surface area is 919 Å². The van der Waals surface area contributed by atoms with E-state index in [-0.39, 0.29) is 0 Å². The summed E-state index contributed by atoms with van der Waals surface area (Å²) < 4.78 is 17.3. The van der Waals surface area contributed by atoms with Gasteiger partial charge in [0.05, 0.1) is 36.9 Å². The van der Waals surface area contributed by atoms with Gasteiger partial charge in [-0.25, -0.2) is 0 Å². The minimum atomic E-state index is -1.11. The number of aliphatic hydroxyl groups is 2. The maximum atomic E-state index is 9.65. The number of terminal acetylenes is 2. The van der Waals surface area contributed by atoms with Crippen LogP contribution < -0.4 is 14.2 Å². The van der Waals surface area contributed by atoms with Crippen LogP contribution in [0.25, 0.3) is 0 Å². The molecule has 135 heavy (non-hydrogen) atoms. The predicted molar refractivity (Wildman–Crippen MR) is 712 cm³/mol. The Balaban J connectivity index is -0.00000161. The highest BCUT2D eigenvalue weighted by atomic mass is 79.9. The fourth-order valence-electron chi connectivity index (χ4n) is 17.1. The molecule has 3 rings (SSSR count). The second-order valence-corrected chi connectivity index (χ2v) is 36.3. The minimum Gasteiger partial charge on any atom is -0.496 e. The Kier molecular flexibility index (Phi) is 72.8. The van der Waals surface area contributed by atoms with Gasteiger partial charge in [-0.2, -0.15) is 0 Å². The third kappa shape index (κ3) is 48.4. The van der Waals surface area contributed by atoms with Crippen LogP contribution in [0.15, 0.2) is 63.5 Å². The van der Waals surface area contributed by atoms with Gasteiger partial charge < -0.3 is 24.4 Å². The molecule has 3 aromatic carbocycles. The monoisotopic (exact) mass is 1720 g/mol. The first-order valence-corrected chi connectivity index (χ1v) is 44.0. The maximum Gasteiger partial charge on any atom is 0.134 e. The molecule has 0 aliphatic carbocycles. The summed E-state index contributed by atoms with van der Waals surface area (Å²) in [7, 11) is 302. The van der Waals surface area contributed by atoms with Crippen LogP contribution in [0.5, 0.6) is 17.2 Å². The second kappa shape index (κ2) is 69.6. The number of ether oxygens (including phenoxy) is 3. The second-order valence-electron chi connectivity index (χ2n) is 34.5. The summed E-state index contributed by atoms with van der Waals surface area (Å²) >= 11 is 6.69. The summed E-state index contributed by atoms with van der Waals surface area (Å²) in [5, 5.41) is 19.2. The summed E-state index contributed by atoms with van der Waals surface area (Å²) in [5.74, 6) is 18.4. The van der Waals surface area contributed by atoms with E-state index in [1.54, 1.807) is 85.4 Å². The summed E-state index contributed by atoms with van der Waals surface area (Å²) in [6.07, 6.45) is -31.8. The molecule has 0 fully saturated rings. The van der Waals surface area contributed by atoms with E-state index >= 15 is 0 Å². The number of benzene rings is 3. The third-order valence-electron chi connectivity index (χ3n) is 22.9. The van der Waals surface area contributed by atoms with Crippen molar-refractivity contribution < 1.29 is 24.4 Å². The van der Waals surface area contributed by atoms with Crippen LogP contribution in [-0.2, 0) is 0 Å². The van der Waals surface area contributed by atoms with Gasteiger partial charge in [-0.05, 0) is 98.2 Å². The fourth-order valence-corrected chi connectivity index (χ4v) is 18.3. The van der Waals surface area contributed by atoms with Crippen LogP contribution >= 0.6 is 31.9 Å². The van der Waals surface area contributed by atoms with Crippen molar-refractivity contribution in [2.45, 2.75) is 38.9 Å². The van der Waals surface area contributed by atoms with E-state index in [2.05, 4.69) is 67.4 Å². The predicted octanol–water partition coefficient (Wildman–Crippen LogP) is -28.6. The van der Waals surface area contributed by atoms with Crippen molar-refractivity contribution in [2.24, 2.45) is 0 Å². The molecule has 0 amide bonds. The fraction of sp³-hybridized carbons (Fsp3) is 0.257. The Morgan fingerprint density at radius 2 is 0.481 bits per heavy atom. The highest BCUT2D eigenvalue weighted by Gasteiger charge is 2.57. The molecule has 0 spiro atoms. The maximum absolute atomic E-state index is 9.65. The van der Waals surface area contributed by atoms with Gasteiger partial charge in [-0.3, -0.25) is 0 Å². The van der Waals surface area contributed by atoms with E-state index in [9.17, 15) is 10.2 Å². The standard InChI is InChI=1S/C17H20O3.C11H8O.C7H6Br2O.B32.B31.B30/c1-16(2,18)10-8-13-6-7-15(20-5)14(12-13)9-11-17(3,4)19;1-4-9-6-7-11(12-3)10(5-2)8-9;1-10-7-3-2-5(8)4-6(7)9;1-18(2)26(17)30(25(15)16)32(29(23(11)12)24(13)14)31(27(19(3)4)20(5)6)28(21(7)8)22(9)10;1-17-25(16)29(24(14)15)31(28(22(10)11)23(12)13)30(26(18(2)3)19(4)5)27(20(6)7)21(8)9;1-17(2)25(18(3)4)29(26(19(5)6)20(7)8)30(27(21(9)10)22(11)12)28(23(13)14)24(15)16/h6-7,12,18-19H,1-5H3;1-2,6-8H,3H3;2-4H,1H3;;;. The molecule has 0 bridgehead atoms. The van der Waals surface area contributed by atoms with Crippen molar-refractivity contribution in [3.63, 3.8) is 0 Å². The number of hydrogen-bond acceptors (Lipinski definition) is 5. The summed E-state index contributed by atoms with van der Waals surface area (Å²) in [6.45, 7) is 6.48. The molecular weight excluding hydrogens is 1670 g/mol. The molecule has 0 unspecified atom stereocenters. The molecular formula is C35H34B93Br2O5. The summed E-state index contributed by atoms with van der Waals surface area (Å²) in [5.41, 5.74) is 0.723. The lowest BCUT2D eigenvalue weighted by Gasteiger charge is -2.51. The van der Waals surface area contributed by atoms with Crippen LogP contribution in [0.3, 0.4) is 0 Å². The van der Waals surface area contributed by atoms with Gasteiger partial charge in [0, 0.05) is 676 Å². The highest BCUT2D eigenvalue weighted by molar-refractivity contribution is 9.11. The van der Waals surface area contributed by atoms with Crippen molar-refractivity contribution >= 4 is 693 Å². The minimum absolute atomic E-state index is 0.621. The van der Waals surface area contributed by atoms with E-state index in [4.69, 9.17) is 406 Å². The average molecular weight is 1700 g/mol. The lowest BCUT2D eigenvalue weighted by atomic mass is 8.30. The van der Waals surface area contributed by atoms with Crippen molar-refractivity contribution in [1.82, 2.24) is 0 Å². The third-order valence-corrected chi connectivity index (χ3v) is 24.0. The molecule has 99 radical (unpaired) electrons. The number of hydrogen-bond donors (Lipinski definition) is 2. The van der Waals surface area contributed by atoms with E-state index in [0.717, 1.165) is 25.8 Å².